The molecule has 1 heterocycles. The van der Waals surface area contributed by atoms with Crippen molar-refractivity contribution >= 4 is 34.8 Å². The standard InChI is InChI=1S/C23H28ClN3O2/c1-23(2,3)16-6-9-18(10-7-16)26-21(28)15-25-20-14-17(24)8-11-19(20)22(29)27-12-4-5-13-27/h6-11,14,25H,4-5,12-13,15H2,1-3H3,(H,26,28). The summed E-state index contributed by atoms with van der Waals surface area (Å²) in [5.41, 5.74) is 3.13. The van der Waals surface area contributed by atoms with E-state index in [9.17, 15) is 9.59 Å². The summed E-state index contributed by atoms with van der Waals surface area (Å²) in [5.74, 6) is -0.215. The Kier molecular flexibility index (Phi) is 6.48. The smallest absolute Gasteiger partial charge is 0.255 e. The molecule has 1 saturated heterocycles. The third-order valence-electron chi connectivity index (χ3n) is 5.08. The van der Waals surface area contributed by atoms with Crippen molar-refractivity contribution in [3.63, 3.8) is 0 Å². The Morgan fingerprint density at radius 1 is 1.03 bits per heavy atom. The lowest BCUT2D eigenvalue weighted by molar-refractivity contribution is -0.114. The minimum absolute atomic E-state index is 0.0279. The maximum absolute atomic E-state index is 12.8. The molecule has 154 valence electrons. The van der Waals surface area contributed by atoms with E-state index in [1.54, 1.807) is 18.2 Å². The van der Waals surface area contributed by atoms with Gasteiger partial charge >= 0.3 is 0 Å². The summed E-state index contributed by atoms with van der Waals surface area (Å²) in [5, 5.41) is 6.47. The zero-order chi connectivity index (χ0) is 21.0. The van der Waals surface area contributed by atoms with Gasteiger partial charge in [0.05, 0.1) is 12.1 Å². The molecule has 0 bridgehead atoms. The Morgan fingerprint density at radius 2 is 1.69 bits per heavy atom. The van der Waals surface area contributed by atoms with Gasteiger partial charge in [0, 0.05) is 29.5 Å². The third kappa shape index (κ3) is 5.51. The number of carbonyl (C=O) groups excluding carboxylic acids is 2. The van der Waals surface area contributed by atoms with Gasteiger partial charge in [-0.15, -0.1) is 0 Å². The van der Waals surface area contributed by atoms with Crippen LogP contribution in [0.1, 0.15) is 49.5 Å². The molecule has 0 atom stereocenters. The van der Waals surface area contributed by atoms with Crippen LogP contribution < -0.4 is 10.6 Å². The topological polar surface area (TPSA) is 61.4 Å². The highest BCUT2D eigenvalue weighted by molar-refractivity contribution is 6.31. The van der Waals surface area contributed by atoms with E-state index in [4.69, 9.17) is 11.6 Å². The van der Waals surface area contributed by atoms with Gasteiger partial charge in [0.25, 0.3) is 5.91 Å². The molecule has 0 unspecified atom stereocenters. The van der Waals surface area contributed by atoms with Crippen molar-refractivity contribution in [2.24, 2.45) is 0 Å². The second-order valence-corrected chi connectivity index (χ2v) is 8.85. The van der Waals surface area contributed by atoms with Crippen LogP contribution in [0.4, 0.5) is 11.4 Å². The Labute approximate surface area is 177 Å². The van der Waals surface area contributed by atoms with E-state index in [0.717, 1.165) is 31.6 Å². The van der Waals surface area contributed by atoms with Crippen LogP contribution in [0.2, 0.25) is 5.02 Å². The first-order chi connectivity index (χ1) is 13.7. The Balaban J connectivity index is 1.64. The monoisotopic (exact) mass is 413 g/mol. The quantitative estimate of drug-likeness (QED) is 0.730. The first kappa shape index (κ1) is 21.2. The molecule has 6 heteroatoms. The number of anilines is 2. The molecule has 5 nitrogen and oxygen atoms in total. The lowest BCUT2D eigenvalue weighted by Gasteiger charge is -2.19. The fourth-order valence-corrected chi connectivity index (χ4v) is 3.55. The highest BCUT2D eigenvalue weighted by atomic mass is 35.5. The average Bonchev–Trinajstić information content (AvgIpc) is 3.20. The first-order valence-electron chi connectivity index (χ1n) is 9.97. The van der Waals surface area contributed by atoms with E-state index in [0.29, 0.717) is 16.3 Å². The Morgan fingerprint density at radius 3 is 2.31 bits per heavy atom. The molecule has 2 amide bonds. The summed E-state index contributed by atoms with van der Waals surface area (Å²) < 4.78 is 0. The fraction of sp³-hybridized carbons (Fsp3) is 0.391. The molecule has 3 rings (SSSR count). The molecular formula is C23H28ClN3O2. The van der Waals surface area contributed by atoms with Crippen molar-refractivity contribution in [3.8, 4) is 0 Å². The molecule has 1 aliphatic rings. The third-order valence-corrected chi connectivity index (χ3v) is 5.31. The summed E-state index contributed by atoms with van der Waals surface area (Å²) in [6.07, 6.45) is 2.05. The Hall–Kier alpha value is -2.53. The summed E-state index contributed by atoms with van der Waals surface area (Å²) in [6, 6.07) is 13.0. The van der Waals surface area contributed by atoms with Crippen molar-refractivity contribution < 1.29 is 9.59 Å². The van der Waals surface area contributed by atoms with Gasteiger partial charge in [0.2, 0.25) is 5.91 Å². The number of nitrogens with one attached hydrogen (secondary N) is 2. The molecule has 0 radical (unpaired) electrons. The number of benzene rings is 2. The summed E-state index contributed by atoms with van der Waals surface area (Å²) >= 11 is 6.11. The van der Waals surface area contributed by atoms with E-state index >= 15 is 0 Å². The SMILES string of the molecule is CC(C)(C)c1ccc(NC(=O)CNc2cc(Cl)ccc2C(=O)N2CCCC2)cc1. The predicted molar refractivity (Wildman–Crippen MR) is 119 cm³/mol. The highest BCUT2D eigenvalue weighted by Gasteiger charge is 2.22. The van der Waals surface area contributed by atoms with Crippen LogP contribution in [0.25, 0.3) is 0 Å². The highest BCUT2D eigenvalue weighted by Crippen LogP contribution is 2.25. The zero-order valence-electron chi connectivity index (χ0n) is 17.2. The first-order valence-corrected chi connectivity index (χ1v) is 10.3. The predicted octanol–water partition coefficient (Wildman–Crippen LogP) is 4.92. The number of hydrogen-bond donors (Lipinski definition) is 2. The zero-order valence-corrected chi connectivity index (χ0v) is 18.0. The minimum atomic E-state index is -0.187. The van der Waals surface area contributed by atoms with Gasteiger partial charge in [-0.1, -0.05) is 44.5 Å². The van der Waals surface area contributed by atoms with Crippen molar-refractivity contribution in [3.05, 3.63) is 58.6 Å². The second-order valence-electron chi connectivity index (χ2n) is 8.42. The van der Waals surface area contributed by atoms with E-state index in [2.05, 4.69) is 31.4 Å². The molecular weight excluding hydrogens is 386 g/mol. The maximum Gasteiger partial charge on any atom is 0.255 e. The van der Waals surface area contributed by atoms with E-state index in [-0.39, 0.29) is 23.8 Å². The van der Waals surface area contributed by atoms with Crippen LogP contribution in [-0.4, -0.2) is 36.3 Å². The van der Waals surface area contributed by atoms with E-state index in [1.165, 1.54) is 5.56 Å². The van der Waals surface area contributed by atoms with Gasteiger partial charge in [-0.2, -0.15) is 0 Å². The average molecular weight is 414 g/mol. The lowest BCUT2D eigenvalue weighted by atomic mass is 9.87. The van der Waals surface area contributed by atoms with Crippen molar-refractivity contribution in [2.45, 2.75) is 39.0 Å². The molecule has 0 aromatic heterocycles. The number of likely N-dealkylation sites (tertiary alicyclic amines) is 1. The summed E-state index contributed by atoms with van der Waals surface area (Å²) in [6.45, 7) is 8.03. The molecule has 2 aromatic carbocycles. The van der Waals surface area contributed by atoms with Crippen LogP contribution in [0.5, 0.6) is 0 Å². The lowest BCUT2D eigenvalue weighted by Crippen LogP contribution is -2.29. The minimum Gasteiger partial charge on any atom is -0.375 e. The van der Waals surface area contributed by atoms with Gasteiger partial charge in [-0.3, -0.25) is 9.59 Å². The van der Waals surface area contributed by atoms with Crippen LogP contribution in [0, 0.1) is 0 Å². The fourth-order valence-electron chi connectivity index (χ4n) is 3.37. The summed E-state index contributed by atoms with van der Waals surface area (Å²) in [4.78, 5) is 27.0. The molecule has 0 saturated carbocycles. The van der Waals surface area contributed by atoms with Gasteiger partial charge in [0.1, 0.15) is 0 Å². The van der Waals surface area contributed by atoms with Gasteiger partial charge < -0.3 is 15.5 Å². The number of nitrogens with zero attached hydrogens (tertiary/aromatic N) is 1. The van der Waals surface area contributed by atoms with Crippen molar-refractivity contribution in [1.82, 2.24) is 4.90 Å². The molecule has 1 fully saturated rings. The second kappa shape index (κ2) is 8.87. The largest absolute Gasteiger partial charge is 0.375 e. The Bertz CT molecular complexity index is 882. The number of hydrogen-bond acceptors (Lipinski definition) is 3. The van der Waals surface area contributed by atoms with E-state index in [1.807, 2.05) is 29.2 Å². The number of carbonyl (C=O) groups is 2. The van der Waals surface area contributed by atoms with Crippen molar-refractivity contribution in [2.75, 3.05) is 30.3 Å². The molecule has 1 aliphatic heterocycles. The maximum atomic E-state index is 12.8. The van der Waals surface area contributed by atoms with Crippen LogP contribution in [0.3, 0.4) is 0 Å². The van der Waals surface area contributed by atoms with Crippen LogP contribution >= 0.6 is 11.6 Å². The molecule has 2 N–H and O–H groups in total. The number of halogens is 1. The van der Waals surface area contributed by atoms with Gasteiger partial charge in [-0.05, 0) is 54.2 Å². The number of rotatable bonds is 5. The van der Waals surface area contributed by atoms with Crippen LogP contribution in [0.15, 0.2) is 42.5 Å². The normalized spacial score (nSPS) is 14.0. The molecule has 0 spiro atoms. The summed E-state index contributed by atoms with van der Waals surface area (Å²) in [7, 11) is 0. The van der Waals surface area contributed by atoms with Gasteiger partial charge in [0.15, 0.2) is 0 Å². The van der Waals surface area contributed by atoms with Crippen LogP contribution in [-0.2, 0) is 10.2 Å². The van der Waals surface area contributed by atoms with E-state index < -0.39 is 0 Å². The molecule has 29 heavy (non-hydrogen) atoms. The number of amides is 2. The van der Waals surface area contributed by atoms with Gasteiger partial charge in [-0.25, -0.2) is 0 Å². The van der Waals surface area contributed by atoms with Crippen molar-refractivity contribution in [1.29, 1.82) is 0 Å². The molecule has 0 aliphatic carbocycles. The molecule has 2 aromatic rings.